The third-order valence-electron chi connectivity index (χ3n) is 2.80. The highest BCUT2D eigenvalue weighted by Crippen LogP contribution is 2.31. The Bertz CT molecular complexity index is 352. The minimum atomic E-state index is 0.143. The molecule has 3 heteroatoms. The first-order chi connectivity index (χ1) is 8.08. The van der Waals surface area contributed by atoms with Crippen molar-refractivity contribution in [2.24, 2.45) is 5.73 Å². The van der Waals surface area contributed by atoms with Crippen LogP contribution in [-0.4, -0.2) is 12.6 Å². The van der Waals surface area contributed by atoms with Gasteiger partial charge in [0.05, 0.1) is 11.1 Å². The molecule has 1 aromatic rings. The maximum absolute atomic E-state index is 6.22. The molecule has 2 nitrogen and oxygen atoms in total. The summed E-state index contributed by atoms with van der Waals surface area (Å²) in [4.78, 5) is 0. The number of hydrogen-bond acceptors (Lipinski definition) is 2. The molecule has 0 bridgehead atoms. The first kappa shape index (κ1) is 14.3. The highest BCUT2D eigenvalue weighted by Gasteiger charge is 2.11. The maximum atomic E-state index is 6.22. The van der Waals surface area contributed by atoms with Crippen LogP contribution >= 0.6 is 11.6 Å². The molecule has 96 valence electrons. The van der Waals surface area contributed by atoms with Crippen molar-refractivity contribution in [1.29, 1.82) is 0 Å². The monoisotopic (exact) mass is 255 g/mol. The molecule has 1 aromatic carbocycles. The predicted octanol–water partition coefficient (Wildman–Crippen LogP) is 3.97. The van der Waals surface area contributed by atoms with Crippen molar-refractivity contribution in [1.82, 2.24) is 0 Å². The van der Waals surface area contributed by atoms with Crippen LogP contribution in [0.15, 0.2) is 18.2 Å². The van der Waals surface area contributed by atoms with E-state index >= 15 is 0 Å². The van der Waals surface area contributed by atoms with Gasteiger partial charge in [0.15, 0.2) is 0 Å². The number of ether oxygens (including phenoxy) is 1. The Hall–Kier alpha value is -0.730. The van der Waals surface area contributed by atoms with Gasteiger partial charge in [-0.2, -0.15) is 0 Å². The highest BCUT2D eigenvalue weighted by molar-refractivity contribution is 6.32. The van der Waals surface area contributed by atoms with Gasteiger partial charge >= 0.3 is 0 Å². The Labute approximate surface area is 109 Å². The molecule has 0 aliphatic heterocycles. The van der Waals surface area contributed by atoms with Gasteiger partial charge in [0.25, 0.3) is 0 Å². The van der Waals surface area contributed by atoms with E-state index in [1.54, 1.807) is 0 Å². The van der Waals surface area contributed by atoms with E-state index in [0.29, 0.717) is 17.5 Å². The van der Waals surface area contributed by atoms with E-state index in [-0.39, 0.29) is 6.10 Å². The van der Waals surface area contributed by atoms with Crippen LogP contribution in [-0.2, 0) is 0 Å². The molecule has 0 radical (unpaired) electrons. The summed E-state index contributed by atoms with van der Waals surface area (Å²) < 4.78 is 5.62. The lowest BCUT2D eigenvalue weighted by Gasteiger charge is -2.17. The van der Waals surface area contributed by atoms with E-state index in [0.717, 1.165) is 18.6 Å². The summed E-state index contributed by atoms with van der Waals surface area (Å²) in [5.41, 5.74) is 6.87. The second kappa shape index (κ2) is 6.87. The molecule has 0 aliphatic carbocycles. The van der Waals surface area contributed by atoms with E-state index in [2.05, 4.69) is 13.0 Å². The van der Waals surface area contributed by atoms with Crippen LogP contribution in [0.3, 0.4) is 0 Å². The molecule has 17 heavy (non-hydrogen) atoms. The first-order valence-electron chi connectivity index (χ1n) is 6.24. The average Bonchev–Trinajstić information content (AvgIpc) is 2.28. The normalized spacial score (nSPS) is 12.8. The highest BCUT2D eigenvalue weighted by atomic mass is 35.5. The molecule has 1 unspecified atom stereocenters. The maximum Gasteiger partial charge on any atom is 0.138 e. The summed E-state index contributed by atoms with van der Waals surface area (Å²) in [6, 6.07) is 6.05. The molecular formula is C14H22ClNO. The average molecular weight is 256 g/mol. The number of nitrogens with two attached hydrogens (primary N) is 1. The largest absolute Gasteiger partial charge is 0.489 e. The zero-order valence-corrected chi connectivity index (χ0v) is 11.6. The fourth-order valence-electron chi connectivity index (χ4n) is 1.93. The first-order valence-corrected chi connectivity index (χ1v) is 6.62. The minimum absolute atomic E-state index is 0.143. The SMILES string of the molecule is CCC(CCN)c1ccc(OC(C)C)c(Cl)c1. The number of rotatable bonds is 6. The van der Waals surface area contributed by atoms with Gasteiger partial charge in [-0.15, -0.1) is 0 Å². The number of halogens is 1. The topological polar surface area (TPSA) is 35.2 Å². The van der Waals surface area contributed by atoms with Gasteiger partial charge in [0, 0.05) is 0 Å². The van der Waals surface area contributed by atoms with E-state index in [4.69, 9.17) is 22.1 Å². The summed E-state index contributed by atoms with van der Waals surface area (Å²) in [5, 5.41) is 0.687. The summed E-state index contributed by atoms with van der Waals surface area (Å²) in [5.74, 6) is 1.25. The van der Waals surface area contributed by atoms with Crippen LogP contribution in [0.4, 0.5) is 0 Å². The van der Waals surface area contributed by atoms with Gasteiger partial charge in [-0.1, -0.05) is 24.6 Å². The van der Waals surface area contributed by atoms with Crippen molar-refractivity contribution in [3.8, 4) is 5.75 Å². The number of hydrogen-bond donors (Lipinski definition) is 1. The van der Waals surface area contributed by atoms with Crippen molar-refractivity contribution in [2.75, 3.05) is 6.54 Å². The van der Waals surface area contributed by atoms with E-state index in [1.165, 1.54) is 5.56 Å². The van der Waals surface area contributed by atoms with Gasteiger partial charge in [0.2, 0.25) is 0 Å². The van der Waals surface area contributed by atoms with Crippen molar-refractivity contribution < 1.29 is 4.74 Å². The molecule has 0 aliphatic rings. The lowest BCUT2D eigenvalue weighted by atomic mass is 9.93. The summed E-state index contributed by atoms with van der Waals surface area (Å²) >= 11 is 6.22. The lowest BCUT2D eigenvalue weighted by Crippen LogP contribution is -2.08. The van der Waals surface area contributed by atoms with Gasteiger partial charge in [-0.05, 0) is 56.8 Å². The Balaban J connectivity index is 2.86. The third kappa shape index (κ3) is 4.21. The molecule has 0 amide bonds. The van der Waals surface area contributed by atoms with Crippen LogP contribution in [0.25, 0.3) is 0 Å². The lowest BCUT2D eigenvalue weighted by molar-refractivity contribution is 0.242. The van der Waals surface area contributed by atoms with E-state index in [9.17, 15) is 0 Å². The second-order valence-electron chi connectivity index (χ2n) is 4.54. The van der Waals surface area contributed by atoms with E-state index < -0.39 is 0 Å². The smallest absolute Gasteiger partial charge is 0.138 e. The molecule has 0 heterocycles. The Morgan fingerprint density at radius 1 is 1.35 bits per heavy atom. The zero-order chi connectivity index (χ0) is 12.8. The molecule has 0 aromatic heterocycles. The Kier molecular flexibility index (Phi) is 5.79. The van der Waals surface area contributed by atoms with Gasteiger partial charge in [-0.3, -0.25) is 0 Å². The predicted molar refractivity (Wildman–Crippen MR) is 73.9 cm³/mol. The molecule has 2 N–H and O–H groups in total. The fraction of sp³-hybridized carbons (Fsp3) is 0.571. The summed E-state index contributed by atoms with van der Waals surface area (Å²) in [6.07, 6.45) is 2.22. The molecule has 1 rings (SSSR count). The van der Waals surface area contributed by atoms with Crippen LogP contribution in [0.5, 0.6) is 5.75 Å². The molecule has 0 spiro atoms. The molecule has 0 saturated heterocycles. The van der Waals surface area contributed by atoms with Crippen molar-refractivity contribution in [3.05, 3.63) is 28.8 Å². The Morgan fingerprint density at radius 3 is 2.53 bits per heavy atom. The quantitative estimate of drug-likeness (QED) is 0.835. The zero-order valence-electron chi connectivity index (χ0n) is 10.9. The van der Waals surface area contributed by atoms with Crippen LogP contribution < -0.4 is 10.5 Å². The second-order valence-corrected chi connectivity index (χ2v) is 4.95. The Morgan fingerprint density at radius 2 is 2.06 bits per heavy atom. The molecule has 0 fully saturated rings. The van der Waals surface area contributed by atoms with E-state index in [1.807, 2.05) is 26.0 Å². The standard InChI is InChI=1S/C14H22ClNO/c1-4-11(7-8-16)12-5-6-14(13(15)9-12)17-10(2)3/h5-6,9-11H,4,7-8,16H2,1-3H3. The van der Waals surface area contributed by atoms with Crippen molar-refractivity contribution in [3.63, 3.8) is 0 Å². The molecular weight excluding hydrogens is 234 g/mol. The molecule has 0 saturated carbocycles. The fourth-order valence-corrected chi connectivity index (χ4v) is 2.16. The van der Waals surface area contributed by atoms with Crippen molar-refractivity contribution >= 4 is 11.6 Å². The summed E-state index contributed by atoms with van der Waals surface area (Å²) in [6.45, 7) is 6.87. The summed E-state index contributed by atoms with van der Waals surface area (Å²) in [7, 11) is 0. The van der Waals surface area contributed by atoms with Crippen LogP contribution in [0.2, 0.25) is 5.02 Å². The van der Waals surface area contributed by atoms with Crippen molar-refractivity contribution in [2.45, 2.75) is 45.6 Å². The van der Waals surface area contributed by atoms with Gasteiger partial charge < -0.3 is 10.5 Å². The third-order valence-corrected chi connectivity index (χ3v) is 3.09. The van der Waals surface area contributed by atoms with Crippen LogP contribution in [0.1, 0.15) is 45.1 Å². The molecule has 1 atom stereocenters. The van der Waals surface area contributed by atoms with Gasteiger partial charge in [0.1, 0.15) is 5.75 Å². The minimum Gasteiger partial charge on any atom is -0.489 e. The van der Waals surface area contributed by atoms with Crippen LogP contribution in [0, 0.1) is 0 Å². The van der Waals surface area contributed by atoms with Gasteiger partial charge in [-0.25, -0.2) is 0 Å². The number of benzene rings is 1.